The van der Waals surface area contributed by atoms with E-state index in [0.717, 1.165) is 30.8 Å². The number of amides is 1. The third-order valence-electron chi connectivity index (χ3n) is 3.87. The fourth-order valence-corrected chi connectivity index (χ4v) is 3.14. The largest absolute Gasteiger partial charge is 0.492 e. The molecule has 5 heteroatoms. The molecule has 1 aromatic carbocycles. The van der Waals surface area contributed by atoms with Crippen LogP contribution in [0.1, 0.15) is 38.2 Å². The molecule has 0 unspecified atom stereocenters. The van der Waals surface area contributed by atoms with Crippen molar-refractivity contribution >= 4 is 17.5 Å². The predicted molar refractivity (Wildman–Crippen MR) is 84.5 cm³/mol. The highest BCUT2D eigenvalue weighted by atomic mass is 35.5. The van der Waals surface area contributed by atoms with Crippen LogP contribution in [0.2, 0.25) is 5.02 Å². The van der Waals surface area contributed by atoms with Gasteiger partial charge in [0.05, 0.1) is 11.6 Å². The van der Waals surface area contributed by atoms with Crippen molar-refractivity contribution in [1.82, 2.24) is 4.90 Å². The number of halogens is 1. The third-order valence-corrected chi connectivity index (χ3v) is 4.16. The Morgan fingerprint density at radius 2 is 2.29 bits per heavy atom. The van der Waals surface area contributed by atoms with E-state index in [1.165, 1.54) is 12.8 Å². The number of likely N-dealkylation sites (tertiary alicyclic amines) is 1. The van der Waals surface area contributed by atoms with Gasteiger partial charge in [-0.05, 0) is 44.0 Å². The summed E-state index contributed by atoms with van der Waals surface area (Å²) >= 11 is 6.23. The summed E-state index contributed by atoms with van der Waals surface area (Å²) in [6.45, 7) is 4.34. The Morgan fingerprint density at radius 1 is 1.48 bits per heavy atom. The molecule has 1 fully saturated rings. The molecule has 116 valence electrons. The summed E-state index contributed by atoms with van der Waals surface area (Å²) < 4.78 is 5.45. The molecule has 0 saturated carbocycles. The summed E-state index contributed by atoms with van der Waals surface area (Å²) in [5.41, 5.74) is 6.49. The lowest BCUT2D eigenvalue weighted by Crippen LogP contribution is -2.41. The normalized spacial score (nSPS) is 19.4. The molecule has 4 nitrogen and oxygen atoms in total. The number of hydrogen-bond donors (Lipinski definition) is 1. The third kappa shape index (κ3) is 4.61. The van der Waals surface area contributed by atoms with Crippen LogP contribution in [0.25, 0.3) is 0 Å². The van der Waals surface area contributed by atoms with Gasteiger partial charge in [-0.25, -0.2) is 0 Å². The van der Waals surface area contributed by atoms with Gasteiger partial charge in [-0.2, -0.15) is 0 Å². The molecule has 1 amide bonds. The van der Waals surface area contributed by atoms with Crippen LogP contribution >= 0.6 is 11.6 Å². The van der Waals surface area contributed by atoms with Crippen LogP contribution in [0.5, 0.6) is 5.75 Å². The maximum absolute atomic E-state index is 11.2. The first-order valence-electron chi connectivity index (χ1n) is 7.53. The molecule has 1 aromatic rings. The maximum Gasteiger partial charge on any atom is 0.218 e. The number of nitrogens with zero attached hydrogens (tertiary/aromatic N) is 1. The molecule has 0 radical (unpaired) electrons. The maximum atomic E-state index is 11.2. The summed E-state index contributed by atoms with van der Waals surface area (Å²) in [5.74, 6) is 0.492. The lowest BCUT2D eigenvalue weighted by Gasteiger charge is -2.35. The van der Waals surface area contributed by atoms with E-state index in [0.29, 0.717) is 18.1 Å². The zero-order valence-corrected chi connectivity index (χ0v) is 13.2. The fraction of sp³-hybridized carbons (Fsp3) is 0.562. The average Bonchev–Trinajstić information content (AvgIpc) is 2.44. The molecule has 0 aromatic heterocycles. The average molecular weight is 311 g/mol. The highest BCUT2D eigenvalue weighted by Gasteiger charge is 2.24. The van der Waals surface area contributed by atoms with E-state index < -0.39 is 0 Å². The number of ether oxygens (including phenoxy) is 1. The number of nitrogens with two attached hydrogens (primary N) is 1. The molecule has 1 saturated heterocycles. The lowest BCUT2D eigenvalue weighted by atomic mass is 9.98. The molecule has 0 aliphatic carbocycles. The molecule has 21 heavy (non-hydrogen) atoms. The summed E-state index contributed by atoms with van der Waals surface area (Å²) in [5, 5.41) is 0.637. The van der Waals surface area contributed by atoms with Crippen LogP contribution in [0.15, 0.2) is 18.2 Å². The first kappa shape index (κ1) is 16.1. The van der Waals surface area contributed by atoms with Crippen LogP contribution in [0, 0.1) is 0 Å². The van der Waals surface area contributed by atoms with E-state index in [2.05, 4.69) is 4.90 Å². The van der Waals surface area contributed by atoms with Crippen molar-refractivity contribution in [3.63, 3.8) is 0 Å². The number of hydrogen-bond acceptors (Lipinski definition) is 3. The van der Waals surface area contributed by atoms with Crippen LogP contribution in [0.3, 0.4) is 0 Å². The van der Waals surface area contributed by atoms with Crippen molar-refractivity contribution in [2.24, 2.45) is 5.73 Å². The standard InChI is InChI=1S/C16H23ClN2O2/c1-2-21-15-7-6-12(9-14(15)17)11-19-8-4-3-5-13(19)10-16(18)20/h6-7,9,13H,2-5,8,10-11H2,1H3,(H2,18,20)/t13-/m1/s1. The zero-order chi connectivity index (χ0) is 15.2. The molecule has 1 aliphatic rings. The van der Waals surface area contributed by atoms with Gasteiger partial charge in [0.25, 0.3) is 0 Å². The van der Waals surface area contributed by atoms with Gasteiger partial charge < -0.3 is 10.5 Å². The molecule has 1 atom stereocenters. The number of piperidine rings is 1. The Hall–Kier alpha value is -1.26. The molecular weight excluding hydrogens is 288 g/mol. The Labute approximate surface area is 131 Å². The number of rotatable bonds is 6. The summed E-state index contributed by atoms with van der Waals surface area (Å²) in [4.78, 5) is 13.5. The van der Waals surface area contributed by atoms with Crippen molar-refractivity contribution < 1.29 is 9.53 Å². The van der Waals surface area contributed by atoms with Crippen molar-refractivity contribution in [3.8, 4) is 5.75 Å². The van der Waals surface area contributed by atoms with Crippen LogP contribution in [-0.2, 0) is 11.3 Å². The molecule has 0 spiro atoms. The highest BCUT2D eigenvalue weighted by molar-refractivity contribution is 6.32. The van der Waals surface area contributed by atoms with Gasteiger partial charge in [-0.15, -0.1) is 0 Å². The van der Waals surface area contributed by atoms with Crippen LogP contribution < -0.4 is 10.5 Å². The van der Waals surface area contributed by atoms with Crippen molar-refractivity contribution in [2.45, 2.75) is 45.2 Å². The zero-order valence-electron chi connectivity index (χ0n) is 12.5. The van der Waals surface area contributed by atoms with E-state index in [-0.39, 0.29) is 11.9 Å². The smallest absolute Gasteiger partial charge is 0.218 e. The van der Waals surface area contributed by atoms with Gasteiger partial charge in [0.1, 0.15) is 5.75 Å². The number of carbonyl (C=O) groups is 1. The van der Waals surface area contributed by atoms with E-state index >= 15 is 0 Å². The second-order valence-electron chi connectivity index (χ2n) is 5.49. The quantitative estimate of drug-likeness (QED) is 0.879. The molecule has 1 aliphatic heterocycles. The second-order valence-corrected chi connectivity index (χ2v) is 5.90. The number of benzene rings is 1. The number of carbonyl (C=O) groups excluding carboxylic acids is 1. The minimum atomic E-state index is -0.225. The van der Waals surface area contributed by atoms with E-state index in [1.54, 1.807) is 0 Å². The minimum Gasteiger partial charge on any atom is -0.492 e. The van der Waals surface area contributed by atoms with Crippen molar-refractivity contribution in [2.75, 3.05) is 13.2 Å². The molecule has 0 bridgehead atoms. The van der Waals surface area contributed by atoms with E-state index in [9.17, 15) is 4.79 Å². The Kier molecular flexibility index (Phi) is 5.88. The van der Waals surface area contributed by atoms with Gasteiger partial charge in [0, 0.05) is 19.0 Å². The first-order valence-corrected chi connectivity index (χ1v) is 7.91. The monoisotopic (exact) mass is 310 g/mol. The van der Waals surface area contributed by atoms with Crippen molar-refractivity contribution in [3.05, 3.63) is 28.8 Å². The predicted octanol–water partition coefficient (Wildman–Crippen LogP) is 2.97. The summed E-state index contributed by atoms with van der Waals surface area (Å²) in [6.07, 6.45) is 3.80. The van der Waals surface area contributed by atoms with E-state index in [1.807, 2.05) is 25.1 Å². The first-order chi connectivity index (χ1) is 10.1. The minimum absolute atomic E-state index is 0.225. The van der Waals surface area contributed by atoms with Crippen LogP contribution in [-0.4, -0.2) is 30.0 Å². The van der Waals surface area contributed by atoms with E-state index in [4.69, 9.17) is 22.1 Å². The van der Waals surface area contributed by atoms with Crippen molar-refractivity contribution in [1.29, 1.82) is 0 Å². The molecule has 1 heterocycles. The van der Waals surface area contributed by atoms with Gasteiger partial charge in [-0.3, -0.25) is 9.69 Å². The topological polar surface area (TPSA) is 55.6 Å². The Bertz CT molecular complexity index is 493. The molecule has 2 rings (SSSR count). The van der Waals surface area contributed by atoms with Gasteiger partial charge in [-0.1, -0.05) is 24.1 Å². The highest BCUT2D eigenvalue weighted by Crippen LogP contribution is 2.28. The Morgan fingerprint density at radius 3 is 2.95 bits per heavy atom. The molecule has 2 N–H and O–H groups in total. The van der Waals surface area contributed by atoms with Crippen LogP contribution in [0.4, 0.5) is 0 Å². The number of primary amides is 1. The van der Waals surface area contributed by atoms with Gasteiger partial charge >= 0.3 is 0 Å². The summed E-state index contributed by atoms with van der Waals surface area (Å²) in [7, 11) is 0. The van der Waals surface area contributed by atoms with Gasteiger partial charge in [0.15, 0.2) is 0 Å². The lowest BCUT2D eigenvalue weighted by molar-refractivity contribution is -0.119. The second kappa shape index (κ2) is 7.66. The fourth-order valence-electron chi connectivity index (χ4n) is 2.88. The SMILES string of the molecule is CCOc1ccc(CN2CCCC[C@@H]2CC(N)=O)cc1Cl. The molecular formula is C16H23ClN2O2. The Balaban J connectivity index is 2.04. The van der Waals surface area contributed by atoms with Gasteiger partial charge in [0.2, 0.25) is 5.91 Å². The summed E-state index contributed by atoms with van der Waals surface area (Å²) in [6, 6.07) is 6.14.